The minimum atomic E-state index is -3.63. The number of carbonyl (C=O) groups is 1. The van der Waals surface area contributed by atoms with Gasteiger partial charge in [0.05, 0.1) is 11.0 Å². The number of hydrogen-bond acceptors (Lipinski definition) is 6. The molecule has 0 saturated heterocycles. The zero-order chi connectivity index (χ0) is 17.9. The van der Waals surface area contributed by atoms with E-state index in [0.717, 1.165) is 17.3 Å². The van der Waals surface area contributed by atoms with E-state index >= 15 is 0 Å². The molecule has 6 nitrogen and oxygen atoms in total. The zero-order valence-electron chi connectivity index (χ0n) is 13.7. The maximum atomic E-state index is 13.9. The average molecular weight is 408 g/mol. The lowest BCUT2D eigenvalue weighted by atomic mass is 10.1. The molecule has 0 fully saturated rings. The highest BCUT2D eigenvalue weighted by Gasteiger charge is 2.18. The summed E-state index contributed by atoms with van der Waals surface area (Å²) in [4.78, 5) is 16.0. The van der Waals surface area contributed by atoms with E-state index in [9.17, 15) is 17.6 Å². The van der Waals surface area contributed by atoms with Crippen molar-refractivity contribution in [1.82, 2.24) is 10.3 Å². The minimum Gasteiger partial charge on any atom is -0.344 e. The maximum absolute atomic E-state index is 13.9. The Kier molecular flexibility index (Phi) is 7.48. The molecule has 2 aromatic rings. The Balaban J connectivity index is 0.00000312. The van der Waals surface area contributed by atoms with Crippen molar-refractivity contribution in [3.8, 4) is 0 Å². The van der Waals surface area contributed by atoms with Crippen LogP contribution in [0, 0.1) is 5.82 Å². The number of nitrogens with one attached hydrogen (secondary N) is 1. The molecule has 0 aliphatic rings. The monoisotopic (exact) mass is 407 g/mol. The maximum Gasteiger partial charge on any atom is 0.271 e. The highest BCUT2D eigenvalue weighted by Crippen LogP contribution is 2.20. The van der Waals surface area contributed by atoms with Gasteiger partial charge in [0.25, 0.3) is 5.91 Å². The summed E-state index contributed by atoms with van der Waals surface area (Å²) in [7, 11) is -3.63. The van der Waals surface area contributed by atoms with Gasteiger partial charge in [0, 0.05) is 18.1 Å². The third-order valence-electron chi connectivity index (χ3n) is 3.35. The number of benzene rings is 1. The Bertz CT molecular complexity index is 855. The van der Waals surface area contributed by atoms with Crippen molar-refractivity contribution >= 4 is 39.5 Å². The quantitative estimate of drug-likeness (QED) is 0.763. The summed E-state index contributed by atoms with van der Waals surface area (Å²) in [5, 5.41) is 5.13. The van der Waals surface area contributed by atoms with Gasteiger partial charge in [-0.25, -0.2) is 17.8 Å². The standard InChI is InChI=1S/C15H18FN3O3S2.ClH/c1-9(10-3-4-13(11(16)7-10)24(2,21)22)18-15(20)12-8-23-14(19-12)5-6-17;/h3-4,7-9H,5-6,17H2,1-2H3,(H,18,20);1H. The number of aromatic nitrogens is 1. The van der Waals surface area contributed by atoms with E-state index in [-0.39, 0.29) is 28.9 Å². The van der Waals surface area contributed by atoms with E-state index in [4.69, 9.17) is 5.73 Å². The summed E-state index contributed by atoms with van der Waals surface area (Å²) in [6, 6.07) is 3.29. The van der Waals surface area contributed by atoms with Crippen molar-refractivity contribution in [3.05, 3.63) is 45.7 Å². The summed E-state index contributed by atoms with van der Waals surface area (Å²) in [5.74, 6) is -1.22. The van der Waals surface area contributed by atoms with E-state index < -0.39 is 21.7 Å². The Morgan fingerprint density at radius 3 is 2.68 bits per heavy atom. The summed E-state index contributed by atoms with van der Waals surface area (Å²) in [6.45, 7) is 2.14. The molecule has 1 aromatic carbocycles. The molecule has 0 radical (unpaired) electrons. The first-order valence-electron chi connectivity index (χ1n) is 7.17. The van der Waals surface area contributed by atoms with Gasteiger partial charge in [-0.15, -0.1) is 23.7 Å². The fraction of sp³-hybridized carbons (Fsp3) is 0.333. The normalized spacial score (nSPS) is 12.3. The van der Waals surface area contributed by atoms with Crippen molar-refractivity contribution in [3.63, 3.8) is 0 Å². The lowest BCUT2D eigenvalue weighted by molar-refractivity contribution is 0.0935. The topological polar surface area (TPSA) is 102 Å². The van der Waals surface area contributed by atoms with Crippen LogP contribution in [-0.2, 0) is 16.3 Å². The number of nitrogens with zero attached hydrogens (tertiary/aromatic N) is 1. The van der Waals surface area contributed by atoms with Gasteiger partial charge in [0.1, 0.15) is 16.4 Å². The molecule has 138 valence electrons. The first kappa shape index (κ1) is 21.5. The van der Waals surface area contributed by atoms with Crippen LogP contribution in [-0.4, -0.2) is 32.1 Å². The predicted molar refractivity (Wildman–Crippen MR) is 97.5 cm³/mol. The summed E-state index contributed by atoms with van der Waals surface area (Å²) in [5.41, 5.74) is 6.19. The highest BCUT2D eigenvalue weighted by atomic mass is 35.5. The van der Waals surface area contributed by atoms with Crippen LogP contribution in [0.1, 0.15) is 34.0 Å². The van der Waals surface area contributed by atoms with Gasteiger partial charge in [0.15, 0.2) is 9.84 Å². The number of nitrogens with two attached hydrogens (primary N) is 1. The van der Waals surface area contributed by atoms with Crippen molar-refractivity contribution < 1.29 is 17.6 Å². The lowest BCUT2D eigenvalue weighted by Crippen LogP contribution is -2.27. The van der Waals surface area contributed by atoms with Gasteiger partial charge >= 0.3 is 0 Å². The third-order valence-corrected chi connectivity index (χ3v) is 5.38. The van der Waals surface area contributed by atoms with Crippen LogP contribution in [0.5, 0.6) is 0 Å². The van der Waals surface area contributed by atoms with Crippen LogP contribution in [0.4, 0.5) is 4.39 Å². The Hall–Kier alpha value is -1.55. The van der Waals surface area contributed by atoms with Crippen molar-refractivity contribution in [2.24, 2.45) is 5.73 Å². The molecular weight excluding hydrogens is 389 g/mol. The van der Waals surface area contributed by atoms with E-state index in [0.29, 0.717) is 18.5 Å². The molecule has 25 heavy (non-hydrogen) atoms. The Morgan fingerprint density at radius 1 is 1.44 bits per heavy atom. The van der Waals surface area contributed by atoms with Crippen LogP contribution >= 0.6 is 23.7 Å². The van der Waals surface area contributed by atoms with Gasteiger partial charge < -0.3 is 11.1 Å². The number of amides is 1. The zero-order valence-corrected chi connectivity index (χ0v) is 16.1. The molecule has 3 N–H and O–H groups in total. The average Bonchev–Trinajstić information content (AvgIpc) is 2.95. The SMILES string of the molecule is CC(NC(=O)c1csc(CCN)n1)c1ccc(S(C)(=O)=O)c(F)c1.Cl. The third kappa shape index (κ3) is 5.46. The number of thiazole rings is 1. The van der Waals surface area contributed by atoms with Gasteiger partial charge in [-0.2, -0.15) is 0 Å². The molecule has 0 saturated carbocycles. The van der Waals surface area contributed by atoms with Crippen LogP contribution in [0.2, 0.25) is 0 Å². The molecule has 1 atom stereocenters. The van der Waals surface area contributed by atoms with Crippen LogP contribution in [0.15, 0.2) is 28.5 Å². The summed E-state index contributed by atoms with van der Waals surface area (Å²) in [6.07, 6.45) is 1.54. The van der Waals surface area contributed by atoms with Gasteiger partial charge in [0.2, 0.25) is 0 Å². The van der Waals surface area contributed by atoms with Crippen LogP contribution in [0.25, 0.3) is 0 Å². The fourth-order valence-corrected chi connectivity index (χ4v) is 3.62. The van der Waals surface area contributed by atoms with E-state index in [1.807, 2.05) is 0 Å². The molecule has 1 heterocycles. The summed E-state index contributed by atoms with van der Waals surface area (Å²) < 4.78 is 36.8. The first-order chi connectivity index (χ1) is 11.2. The smallest absolute Gasteiger partial charge is 0.271 e. The highest BCUT2D eigenvalue weighted by molar-refractivity contribution is 7.90. The number of rotatable bonds is 6. The van der Waals surface area contributed by atoms with Gasteiger partial charge in [-0.1, -0.05) is 6.07 Å². The number of halogens is 2. The van der Waals surface area contributed by atoms with Crippen molar-refractivity contribution in [2.75, 3.05) is 12.8 Å². The molecule has 10 heteroatoms. The number of hydrogen-bond donors (Lipinski definition) is 2. The Labute approximate surface area is 156 Å². The predicted octanol–water partition coefficient (Wildman–Crippen LogP) is 2.10. The fourth-order valence-electron chi connectivity index (χ4n) is 2.09. The van der Waals surface area contributed by atoms with E-state index in [2.05, 4.69) is 10.3 Å². The molecule has 0 spiro atoms. The van der Waals surface area contributed by atoms with Gasteiger partial charge in [-0.05, 0) is 31.2 Å². The van der Waals surface area contributed by atoms with Crippen molar-refractivity contribution in [2.45, 2.75) is 24.3 Å². The second-order valence-electron chi connectivity index (χ2n) is 5.32. The largest absolute Gasteiger partial charge is 0.344 e. The summed E-state index contributed by atoms with van der Waals surface area (Å²) >= 11 is 1.35. The molecule has 0 aliphatic carbocycles. The Morgan fingerprint density at radius 2 is 2.12 bits per heavy atom. The number of sulfone groups is 1. The minimum absolute atomic E-state index is 0. The number of carbonyl (C=O) groups excluding carboxylic acids is 1. The lowest BCUT2D eigenvalue weighted by Gasteiger charge is -2.14. The second kappa shape index (κ2) is 8.70. The van der Waals surface area contributed by atoms with Crippen molar-refractivity contribution in [1.29, 1.82) is 0 Å². The first-order valence-corrected chi connectivity index (χ1v) is 9.94. The van der Waals surface area contributed by atoms with Crippen LogP contribution in [0.3, 0.4) is 0 Å². The second-order valence-corrected chi connectivity index (χ2v) is 8.25. The van der Waals surface area contributed by atoms with E-state index in [1.54, 1.807) is 12.3 Å². The molecule has 2 rings (SSSR count). The molecular formula is C15H19ClFN3O3S2. The molecule has 0 bridgehead atoms. The van der Waals surface area contributed by atoms with Crippen LogP contribution < -0.4 is 11.1 Å². The van der Waals surface area contributed by atoms with Gasteiger partial charge in [-0.3, -0.25) is 4.79 Å². The molecule has 1 unspecified atom stereocenters. The molecule has 1 aromatic heterocycles. The molecule has 1 amide bonds. The molecule has 0 aliphatic heterocycles. The van der Waals surface area contributed by atoms with E-state index in [1.165, 1.54) is 23.5 Å².